The molecule has 3 rings (SSSR count). The topological polar surface area (TPSA) is 93.5 Å². The lowest BCUT2D eigenvalue weighted by atomic mass is 10.2. The number of carbonyl (C=O) groups is 2. The summed E-state index contributed by atoms with van der Waals surface area (Å²) in [4.78, 5) is 37.9. The van der Waals surface area contributed by atoms with E-state index >= 15 is 0 Å². The average Bonchev–Trinajstić information content (AvgIpc) is 2.78. The lowest BCUT2D eigenvalue weighted by molar-refractivity contribution is -0.137. The molecule has 0 unspecified atom stereocenters. The monoisotopic (exact) mass is 460 g/mol. The van der Waals surface area contributed by atoms with Crippen molar-refractivity contribution in [1.82, 2.24) is 9.78 Å². The third-order valence-electron chi connectivity index (χ3n) is 4.70. The van der Waals surface area contributed by atoms with Crippen molar-refractivity contribution in [3.63, 3.8) is 0 Å². The zero-order valence-electron chi connectivity index (χ0n) is 17.8. The minimum Gasteiger partial charge on any atom is -0.452 e. The second-order valence-electron chi connectivity index (χ2n) is 6.99. The Balaban J connectivity index is 1.89. The minimum absolute atomic E-state index is 0.0478. The summed E-state index contributed by atoms with van der Waals surface area (Å²) in [5, 5.41) is 6.51. The maximum atomic E-state index is 13.1. The van der Waals surface area contributed by atoms with Gasteiger partial charge in [-0.15, -0.1) is 0 Å². The Bertz CT molecular complexity index is 1250. The van der Waals surface area contributed by atoms with E-state index < -0.39 is 34.9 Å². The van der Waals surface area contributed by atoms with Crippen LogP contribution in [0.15, 0.2) is 59.4 Å². The van der Waals surface area contributed by atoms with Crippen LogP contribution >= 0.6 is 0 Å². The number of ether oxygens (including phenoxy) is 1. The highest BCUT2D eigenvalue weighted by Gasteiger charge is 2.30. The van der Waals surface area contributed by atoms with Crippen LogP contribution in [0.3, 0.4) is 0 Å². The van der Waals surface area contributed by atoms with Crippen LogP contribution in [0.1, 0.15) is 21.7 Å². The normalized spacial score (nSPS) is 11.1. The molecule has 0 bridgehead atoms. The van der Waals surface area contributed by atoms with Crippen molar-refractivity contribution in [1.29, 1.82) is 0 Å². The number of hydrogen-bond donors (Lipinski definition) is 1. The van der Waals surface area contributed by atoms with E-state index in [1.54, 1.807) is 12.1 Å². The van der Waals surface area contributed by atoms with Gasteiger partial charge in [0.25, 0.3) is 5.91 Å². The summed E-state index contributed by atoms with van der Waals surface area (Å²) in [5.41, 5.74) is -0.945. The second-order valence-corrected chi connectivity index (χ2v) is 6.99. The number of benzene rings is 2. The quantitative estimate of drug-likeness (QED) is 0.635. The average molecular weight is 460 g/mol. The number of nitrogens with one attached hydrogen (secondary N) is 1. The Hall–Kier alpha value is -4.15. The first kappa shape index (κ1) is 23.5. The van der Waals surface area contributed by atoms with Gasteiger partial charge in [-0.3, -0.25) is 14.5 Å². The fraction of sp³-hybridized carbons (Fsp3) is 0.182. The van der Waals surface area contributed by atoms with Crippen LogP contribution < -0.4 is 15.6 Å². The van der Waals surface area contributed by atoms with Crippen molar-refractivity contribution in [3.8, 4) is 5.69 Å². The third kappa shape index (κ3) is 5.20. The molecule has 0 spiro atoms. The Morgan fingerprint density at radius 1 is 1.09 bits per heavy atom. The van der Waals surface area contributed by atoms with Crippen LogP contribution in [-0.4, -0.2) is 35.9 Å². The van der Waals surface area contributed by atoms with Gasteiger partial charge in [-0.05, 0) is 49.4 Å². The Kier molecular flexibility index (Phi) is 6.52. The Labute approximate surface area is 186 Å². The first-order chi connectivity index (χ1) is 15.5. The molecule has 0 saturated carbocycles. The molecule has 1 N–H and O–H groups in total. The van der Waals surface area contributed by atoms with Crippen molar-refractivity contribution in [2.45, 2.75) is 13.1 Å². The molecular weight excluding hydrogens is 441 g/mol. The highest BCUT2D eigenvalue weighted by Crippen LogP contribution is 2.30. The lowest BCUT2D eigenvalue weighted by Crippen LogP contribution is -2.27. The van der Waals surface area contributed by atoms with E-state index in [2.05, 4.69) is 15.2 Å². The number of nitrogens with zero attached hydrogens (tertiary/aromatic N) is 3. The second kappa shape index (κ2) is 9.15. The highest BCUT2D eigenvalue weighted by molar-refractivity contribution is 6.02. The van der Waals surface area contributed by atoms with Gasteiger partial charge < -0.3 is 10.1 Å². The van der Waals surface area contributed by atoms with Crippen LogP contribution in [0.4, 0.5) is 29.3 Å². The van der Waals surface area contributed by atoms with E-state index in [1.807, 2.05) is 0 Å². The molecule has 2 aromatic carbocycles. The van der Waals surface area contributed by atoms with Crippen molar-refractivity contribution >= 4 is 23.4 Å². The molecule has 0 atom stereocenters. The van der Waals surface area contributed by atoms with Crippen LogP contribution in [0, 0.1) is 6.92 Å². The molecule has 8 nitrogen and oxygen atoms in total. The largest absolute Gasteiger partial charge is 0.452 e. The molecular formula is C22H19F3N4O4. The molecule has 33 heavy (non-hydrogen) atoms. The predicted molar refractivity (Wildman–Crippen MR) is 115 cm³/mol. The summed E-state index contributed by atoms with van der Waals surface area (Å²) in [7, 11) is 2.75. The zero-order valence-corrected chi connectivity index (χ0v) is 17.8. The predicted octanol–water partition coefficient (Wildman–Crippen LogP) is 4.01. The van der Waals surface area contributed by atoms with Crippen LogP contribution in [-0.2, 0) is 10.9 Å². The molecule has 11 heteroatoms. The molecule has 172 valence electrons. The van der Waals surface area contributed by atoms with Crippen LogP contribution in [0.5, 0.6) is 0 Å². The number of amides is 2. The molecule has 3 aromatic rings. The van der Waals surface area contributed by atoms with Gasteiger partial charge >= 0.3 is 12.3 Å². The van der Waals surface area contributed by atoms with E-state index in [0.29, 0.717) is 11.4 Å². The number of aromatic nitrogens is 2. The van der Waals surface area contributed by atoms with Crippen molar-refractivity contribution in [2.75, 3.05) is 24.4 Å². The van der Waals surface area contributed by atoms with E-state index in [4.69, 9.17) is 0 Å². The molecule has 0 fully saturated rings. The van der Waals surface area contributed by atoms with Crippen molar-refractivity contribution < 1.29 is 27.5 Å². The number of aryl methyl sites for hydroxylation is 1. The molecule has 0 saturated heterocycles. The summed E-state index contributed by atoms with van der Waals surface area (Å²) in [6.45, 7) is 1.49. The van der Waals surface area contributed by atoms with E-state index in [-0.39, 0.29) is 11.4 Å². The van der Waals surface area contributed by atoms with Crippen molar-refractivity contribution in [2.24, 2.45) is 0 Å². The minimum atomic E-state index is -4.56. The number of hydrogen-bond acceptors (Lipinski definition) is 5. The first-order valence-electron chi connectivity index (χ1n) is 9.53. The summed E-state index contributed by atoms with van der Waals surface area (Å²) < 4.78 is 44.9. The summed E-state index contributed by atoms with van der Waals surface area (Å²) >= 11 is 0. The fourth-order valence-corrected chi connectivity index (χ4v) is 2.98. The van der Waals surface area contributed by atoms with Crippen molar-refractivity contribution in [3.05, 3.63) is 81.8 Å². The van der Waals surface area contributed by atoms with Gasteiger partial charge in [-0.2, -0.15) is 18.3 Å². The number of halogens is 3. The van der Waals surface area contributed by atoms with Gasteiger partial charge in [0.05, 0.1) is 18.4 Å². The molecule has 0 aliphatic heterocycles. The molecule has 1 aromatic heterocycles. The zero-order chi connectivity index (χ0) is 24.3. The molecule has 0 radical (unpaired) electrons. The van der Waals surface area contributed by atoms with Gasteiger partial charge in [-0.25, -0.2) is 9.48 Å². The summed E-state index contributed by atoms with van der Waals surface area (Å²) in [5.74, 6) is -0.838. The standard InChI is InChI=1S/C22H19F3N4O4/c1-13-11-18(30)19(27-29(13)17-6-4-5-14(12-17)22(23,24)25)20(31)26-15-7-9-16(10-8-15)28(2)21(32)33-3/h4-12H,1-3H3,(H,26,31). The number of methoxy groups -OCH3 is 1. The smallest absolute Gasteiger partial charge is 0.416 e. The van der Waals surface area contributed by atoms with Crippen LogP contribution in [0.25, 0.3) is 5.69 Å². The van der Waals surface area contributed by atoms with E-state index in [0.717, 1.165) is 22.9 Å². The maximum absolute atomic E-state index is 13.1. The Morgan fingerprint density at radius 2 is 1.76 bits per heavy atom. The van der Waals surface area contributed by atoms with Gasteiger partial charge in [0.1, 0.15) is 0 Å². The van der Waals surface area contributed by atoms with E-state index in [1.165, 1.54) is 50.2 Å². The first-order valence-corrected chi connectivity index (χ1v) is 9.53. The molecule has 0 aliphatic carbocycles. The number of carbonyl (C=O) groups excluding carboxylic acids is 2. The summed E-state index contributed by atoms with van der Waals surface area (Å²) in [6, 6.07) is 11.6. The molecule has 2 amide bonds. The number of anilines is 2. The number of alkyl halides is 3. The fourth-order valence-electron chi connectivity index (χ4n) is 2.98. The van der Waals surface area contributed by atoms with Gasteiger partial charge in [-0.1, -0.05) is 6.07 Å². The van der Waals surface area contributed by atoms with Gasteiger partial charge in [0.15, 0.2) is 5.69 Å². The summed E-state index contributed by atoms with van der Waals surface area (Å²) in [6.07, 6.45) is -5.14. The van der Waals surface area contributed by atoms with E-state index in [9.17, 15) is 27.6 Å². The Morgan fingerprint density at radius 3 is 2.36 bits per heavy atom. The SMILES string of the molecule is COC(=O)N(C)c1ccc(NC(=O)c2nn(-c3cccc(C(F)(F)F)c3)c(C)cc2=O)cc1. The number of rotatable bonds is 4. The highest BCUT2D eigenvalue weighted by atomic mass is 19.4. The third-order valence-corrected chi connectivity index (χ3v) is 4.70. The lowest BCUT2D eigenvalue weighted by Gasteiger charge is -2.16. The van der Waals surface area contributed by atoms with Gasteiger partial charge in [0, 0.05) is 30.2 Å². The molecule has 1 heterocycles. The maximum Gasteiger partial charge on any atom is 0.416 e. The molecule has 0 aliphatic rings. The van der Waals surface area contributed by atoms with Crippen LogP contribution in [0.2, 0.25) is 0 Å². The van der Waals surface area contributed by atoms with Gasteiger partial charge in [0.2, 0.25) is 5.43 Å².